The van der Waals surface area contributed by atoms with E-state index in [4.69, 9.17) is 17.3 Å². The molecule has 0 saturated heterocycles. The molecule has 3 rings (SSSR count). The minimum atomic E-state index is -0.746. The zero-order chi connectivity index (χ0) is 21.3. The molecule has 0 aromatic carbocycles. The van der Waals surface area contributed by atoms with E-state index in [-0.39, 0.29) is 11.1 Å². The van der Waals surface area contributed by atoms with E-state index >= 15 is 0 Å². The molecule has 0 aliphatic carbocycles. The molecule has 0 radical (unpaired) electrons. The quantitative estimate of drug-likeness (QED) is 0.501. The van der Waals surface area contributed by atoms with Gasteiger partial charge in [0.1, 0.15) is 10.8 Å². The minimum Gasteiger partial charge on any atom is -0.390 e. The van der Waals surface area contributed by atoms with Crippen molar-refractivity contribution in [1.29, 1.82) is 0 Å². The van der Waals surface area contributed by atoms with Gasteiger partial charge in [-0.2, -0.15) is 4.98 Å². The molecule has 3 aromatic heterocycles. The van der Waals surface area contributed by atoms with Crippen molar-refractivity contribution in [1.82, 2.24) is 19.5 Å². The average Bonchev–Trinajstić information content (AvgIpc) is 2.96. The number of fused-ring (bicyclic) bond motifs is 1. The molecule has 29 heavy (non-hydrogen) atoms. The summed E-state index contributed by atoms with van der Waals surface area (Å²) in [6.45, 7) is 10.3. The summed E-state index contributed by atoms with van der Waals surface area (Å²) in [5.41, 5.74) is 11.0. The van der Waals surface area contributed by atoms with Gasteiger partial charge in [-0.15, -0.1) is 0 Å². The molecule has 0 fully saturated rings. The molecule has 0 aliphatic rings. The fourth-order valence-electron chi connectivity index (χ4n) is 3.10. The van der Waals surface area contributed by atoms with Crippen LogP contribution in [-0.4, -0.2) is 30.2 Å². The number of anilines is 1. The van der Waals surface area contributed by atoms with Crippen LogP contribution in [-0.2, 0) is 6.54 Å². The molecule has 152 valence electrons. The summed E-state index contributed by atoms with van der Waals surface area (Å²) < 4.78 is 1.96. The molecular formula is C22H26ClN5O. The zero-order valence-electron chi connectivity index (χ0n) is 17.5. The Morgan fingerprint density at radius 1 is 1.21 bits per heavy atom. The summed E-state index contributed by atoms with van der Waals surface area (Å²) in [6, 6.07) is 0. The first kappa shape index (κ1) is 21.1. The van der Waals surface area contributed by atoms with Crippen molar-refractivity contribution in [3.63, 3.8) is 0 Å². The lowest BCUT2D eigenvalue weighted by Gasteiger charge is -2.13. The van der Waals surface area contributed by atoms with Gasteiger partial charge in [0.05, 0.1) is 28.8 Å². The van der Waals surface area contributed by atoms with Crippen LogP contribution in [0.3, 0.4) is 0 Å². The van der Waals surface area contributed by atoms with Gasteiger partial charge in [-0.25, -0.2) is 4.98 Å². The molecule has 3 N–H and O–H groups in total. The summed E-state index contributed by atoms with van der Waals surface area (Å²) in [5.74, 6) is 6.39. The topological polar surface area (TPSA) is 89.8 Å². The van der Waals surface area contributed by atoms with E-state index in [0.29, 0.717) is 30.4 Å². The summed E-state index contributed by atoms with van der Waals surface area (Å²) >= 11 is 6.38. The molecule has 0 saturated carbocycles. The third-order valence-electron chi connectivity index (χ3n) is 5.10. The van der Waals surface area contributed by atoms with Crippen molar-refractivity contribution in [2.75, 3.05) is 5.73 Å². The zero-order valence-corrected chi connectivity index (χ0v) is 18.2. The summed E-state index contributed by atoms with van der Waals surface area (Å²) in [6.07, 6.45) is 4.96. The highest BCUT2D eigenvalue weighted by molar-refractivity contribution is 6.34. The SMILES string of the molecule is Cc1cnc(Cn2cc(C#CCCC(C)(C)O)c3c(Cl)nc(N)nc32)c(C)c1C. The van der Waals surface area contributed by atoms with Crippen molar-refractivity contribution in [2.24, 2.45) is 0 Å². The van der Waals surface area contributed by atoms with Gasteiger partial charge in [0.25, 0.3) is 0 Å². The predicted octanol–water partition coefficient (Wildman–Crippen LogP) is 3.94. The van der Waals surface area contributed by atoms with Crippen molar-refractivity contribution in [3.8, 4) is 11.8 Å². The Morgan fingerprint density at radius 2 is 1.93 bits per heavy atom. The number of nitrogen functional groups attached to an aromatic ring is 1. The standard InChI is InChI=1S/C22H26ClN5O/c1-13-10-25-17(15(3)14(13)2)12-28-11-16(8-6-7-9-22(4,5)29)18-19(23)26-21(24)27-20(18)28/h10-11,29H,7,9,12H2,1-5H3,(H2,24,26,27). The maximum absolute atomic E-state index is 9.86. The maximum Gasteiger partial charge on any atom is 0.223 e. The van der Waals surface area contributed by atoms with E-state index in [2.05, 4.69) is 47.6 Å². The van der Waals surface area contributed by atoms with E-state index in [1.54, 1.807) is 13.8 Å². The highest BCUT2D eigenvalue weighted by Crippen LogP contribution is 2.28. The molecule has 0 atom stereocenters. The van der Waals surface area contributed by atoms with E-state index in [0.717, 1.165) is 22.4 Å². The van der Waals surface area contributed by atoms with Crippen LogP contribution >= 0.6 is 11.6 Å². The third-order valence-corrected chi connectivity index (χ3v) is 5.37. The summed E-state index contributed by atoms with van der Waals surface area (Å²) in [5, 5.41) is 10.8. The van der Waals surface area contributed by atoms with Crippen LogP contribution in [0.4, 0.5) is 5.95 Å². The second kappa shape index (κ2) is 8.02. The number of halogens is 1. The van der Waals surface area contributed by atoms with Crippen LogP contribution in [0.1, 0.15) is 54.6 Å². The lowest BCUT2D eigenvalue weighted by atomic mass is 10.0. The van der Waals surface area contributed by atoms with E-state index < -0.39 is 5.60 Å². The number of rotatable bonds is 4. The van der Waals surface area contributed by atoms with Gasteiger partial charge in [-0.3, -0.25) is 4.98 Å². The second-order valence-corrected chi connectivity index (χ2v) is 8.35. The Hall–Kier alpha value is -2.62. The van der Waals surface area contributed by atoms with E-state index in [1.807, 2.05) is 17.0 Å². The molecule has 0 aliphatic heterocycles. The number of nitrogens with two attached hydrogens (primary N) is 1. The molecular weight excluding hydrogens is 386 g/mol. The first-order chi connectivity index (χ1) is 13.6. The average molecular weight is 412 g/mol. The van der Waals surface area contributed by atoms with Gasteiger partial charge in [0.2, 0.25) is 5.95 Å². The van der Waals surface area contributed by atoms with Crippen LogP contribution < -0.4 is 5.73 Å². The molecule has 0 bridgehead atoms. The predicted molar refractivity (Wildman–Crippen MR) is 117 cm³/mol. The first-order valence-electron chi connectivity index (χ1n) is 9.51. The Kier molecular flexibility index (Phi) is 5.83. The van der Waals surface area contributed by atoms with Crippen molar-refractivity contribution < 1.29 is 5.11 Å². The summed E-state index contributed by atoms with van der Waals surface area (Å²) in [7, 11) is 0. The van der Waals surface area contributed by atoms with Gasteiger partial charge in [-0.05, 0) is 57.7 Å². The highest BCUT2D eigenvalue weighted by atomic mass is 35.5. The fourth-order valence-corrected chi connectivity index (χ4v) is 3.37. The molecule has 0 amide bonds. The second-order valence-electron chi connectivity index (χ2n) is 7.99. The number of hydrogen-bond donors (Lipinski definition) is 2. The molecule has 3 heterocycles. The van der Waals surface area contributed by atoms with Crippen LogP contribution in [0.2, 0.25) is 5.15 Å². The van der Waals surface area contributed by atoms with Gasteiger partial charge >= 0.3 is 0 Å². The number of aromatic nitrogens is 4. The lowest BCUT2D eigenvalue weighted by molar-refractivity contribution is 0.0727. The number of aliphatic hydroxyl groups is 1. The Labute approximate surface area is 176 Å². The van der Waals surface area contributed by atoms with Crippen LogP contribution in [0.5, 0.6) is 0 Å². The number of nitrogens with zero attached hydrogens (tertiary/aromatic N) is 4. The minimum absolute atomic E-state index is 0.119. The maximum atomic E-state index is 9.86. The fraction of sp³-hybridized carbons (Fsp3) is 0.409. The molecule has 0 spiro atoms. The van der Waals surface area contributed by atoms with Crippen LogP contribution in [0, 0.1) is 32.6 Å². The lowest BCUT2D eigenvalue weighted by Crippen LogP contribution is -2.17. The smallest absolute Gasteiger partial charge is 0.223 e. The number of aryl methyl sites for hydroxylation is 1. The number of hydrogen-bond acceptors (Lipinski definition) is 5. The van der Waals surface area contributed by atoms with Crippen molar-refractivity contribution in [2.45, 2.75) is 59.6 Å². The molecule has 7 heteroatoms. The first-order valence-corrected chi connectivity index (χ1v) is 9.89. The van der Waals surface area contributed by atoms with Crippen LogP contribution in [0.15, 0.2) is 12.4 Å². The Balaban J connectivity index is 2.05. The monoisotopic (exact) mass is 411 g/mol. The van der Waals surface area contributed by atoms with Gasteiger partial charge in [-0.1, -0.05) is 23.4 Å². The van der Waals surface area contributed by atoms with E-state index in [1.165, 1.54) is 5.56 Å². The van der Waals surface area contributed by atoms with Gasteiger partial charge in [0, 0.05) is 18.8 Å². The molecule has 0 unspecified atom stereocenters. The largest absolute Gasteiger partial charge is 0.390 e. The van der Waals surface area contributed by atoms with Gasteiger partial charge < -0.3 is 15.4 Å². The van der Waals surface area contributed by atoms with Crippen molar-refractivity contribution in [3.05, 3.63) is 45.5 Å². The van der Waals surface area contributed by atoms with E-state index in [9.17, 15) is 5.11 Å². The Morgan fingerprint density at radius 3 is 2.62 bits per heavy atom. The molecule has 3 aromatic rings. The number of pyridine rings is 1. The van der Waals surface area contributed by atoms with Crippen molar-refractivity contribution >= 4 is 28.6 Å². The Bertz CT molecular complexity index is 1130. The highest BCUT2D eigenvalue weighted by Gasteiger charge is 2.16. The third kappa shape index (κ3) is 4.69. The normalized spacial score (nSPS) is 11.6. The summed E-state index contributed by atoms with van der Waals surface area (Å²) in [4.78, 5) is 13.1. The van der Waals surface area contributed by atoms with Gasteiger partial charge in [0.15, 0.2) is 0 Å². The van der Waals surface area contributed by atoms with Crippen LogP contribution in [0.25, 0.3) is 11.0 Å². The molecule has 6 nitrogen and oxygen atoms in total.